The molecule has 5 nitrogen and oxygen atoms in total. The van der Waals surface area contributed by atoms with Gasteiger partial charge in [0.2, 0.25) is 0 Å². The van der Waals surface area contributed by atoms with Crippen molar-refractivity contribution in [2.24, 2.45) is 0 Å². The zero-order chi connectivity index (χ0) is 11.4. The normalized spacial score (nSPS) is 10.9. The maximum absolute atomic E-state index is 11.8. The van der Waals surface area contributed by atoms with Crippen LogP contribution in [-0.4, -0.2) is 16.5 Å². The van der Waals surface area contributed by atoms with Crippen molar-refractivity contribution in [2.45, 2.75) is 40.0 Å². The third kappa shape index (κ3) is 2.07. The molecule has 0 atom stereocenters. The lowest BCUT2D eigenvalue weighted by atomic mass is 10.3. The van der Waals surface area contributed by atoms with Gasteiger partial charge in [0.05, 0.1) is 12.3 Å². The largest absolute Gasteiger partial charge is 0.393 e. The average Bonchev–Trinajstić information content (AvgIpc) is 2.44. The van der Waals surface area contributed by atoms with E-state index in [1.807, 2.05) is 11.6 Å². The summed E-state index contributed by atoms with van der Waals surface area (Å²) in [6.45, 7) is 5.81. The fourth-order valence-corrected chi connectivity index (χ4v) is 1.73. The lowest BCUT2D eigenvalue weighted by Crippen LogP contribution is -2.23. The fraction of sp³-hybridized carbons (Fsp3) is 0.700. The number of methoxy groups -OCH3 is 1. The Morgan fingerprint density at radius 2 is 2.00 bits per heavy atom. The van der Waals surface area contributed by atoms with E-state index in [2.05, 4.69) is 6.92 Å². The van der Waals surface area contributed by atoms with E-state index in [4.69, 9.17) is 10.5 Å². The van der Waals surface area contributed by atoms with Crippen molar-refractivity contribution >= 4 is 5.69 Å². The molecule has 0 fully saturated rings. The van der Waals surface area contributed by atoms with E-state index in [1.54, 1.807) is 11.8 Å². The third-order valence-corrected chi connectivity index (χ3v) is 2.39. The Morgan fingerprint density at radius 1 is 1.33 bits per heavy atom. The number of rotatable bonds is 5. The molecule has 0 unspecified atom stereocenters. The molecule has 1 rings (SSSR count). The second kappa shape index (κ2) is 5.02. The molecule has 5 heteroatoms. The van der Waals surface area contributed by atoms with Crippen LogP contribution in [-0.2, 0) is 24.4 Å². The van der Waals surface area contributed by atoms with Crippen molar-refractivity contribution in [3.05, 3.63) is 16.0 Å². The highest BCUT2D eigenvalue weighted by Gasteiger charge is 2.15. The Balaban J connectivity index is 3.27. The molecule has 0 aliphatic carbocycles. The van der Waals surface area contributed by atoms with Gasteiger partial charge in [-0.25, -0.2) is 4.68 Å². The van der Waals surface area contributed by atoms with Gasteiger partial charge in [0.15, 0.2) is 0 Å². The number of hydrogen-bond donors (Lipinski definition) is 1. The highest BCUT2D eigenvalue weighted by atomic mass is 16.5. The van der Waals surface area contributed by atoms with Crippen LogP contribution in [0, 0.1) is 0 Å². The van der Waals surface area contributed by atoms with Crippen LogP contribution >= 0.6 is 0 Å². The van der Waals surface area contributed by atoms with E-state index in [1.165, 1.54) is 0 Å². The number of ether oxygens (including phenoxy) is 1. The van der Waals surface area contributed by atoms with E-state index in [0.717, 1.165) is 18.7 Å². The van der Waals surface area contributed by atoms with Gasteiger partial charge in [-0.15, -0.1) is 0 Å². The molecule has 0 aliphatic rings. The molecule has 0 amide bonds. The fourth-order valence-electron chi connectivity index (χ4n) is 1.73. The molecular weight excluding hydrogens is 194 g/mol. The van der Waals surface area contributed by atoms with Gasteiger partial charge < -0.3 is 10.5 Å². The predicted octanol–water partition coefficient (Wildman–Crippen LogP) is 0.808. The lowest BCUT2D eigenvalue weighted by molar-refractivity contribution is 0.174. The van der Waals surface area contributed by atoms with Crippen LogP contribution in [0.15, 0.2) is 4.79 Å². The molecule has 1 heterocycles. The molecule has 0 aliphatic heterocycles. The number of nitrogens with two attached hydrogens (primary N) is 1. The summed E-state index contributed by atoms with van der Waals surface area (Å²) in [6, 6.07) is 0. The Kier molecular flexibility index (Phi) is 3.96. The standard InChI is InChI=1S/C10H19N3O2/c1-4-6-13-8(7-15-3)9(11)10(14)12(13)5-2/h4-7,11H2,1-3H3. The van der Waals surface area contributed by atoms with E-state index in [0.29, 0.717) is 18.8 Å². The first-order valence-corrected chi connectivity index (χ1v) is 5.24. The average molecular weight is 213 g/mol. The zero-order valence-corrected chi connectivity index (χ0v) is 9.62. The summed E-state index contributed by atoms with van der Waals surface area (Å²) in [5.41, 5.74) is 6.74. The van der Waals surface area contributed by atoms with Gasteiger partial charge in [0.25, 0.3) is 5.56 Å². The van der Waals surface area contributed by atoms with E-state index in [-0.39, 0.29) is 5.56 Å². The highest BCUT2D eigenvalue weighted by molar-refractivity contribution is 5.41. The van der Waals surface area contributed by atoms with Crippen LogP contribution in [0.5, 0.6) is 0 Å². The van der Waals surface area contributed by atoms with Crippen LogP contribution in [0.3, 0.4) is 0 Å². The van der Waals surface area contributed by atoms with Crippen LogP contribution < -0.4 is 11.3 Å². The summed E-state index contributed by atoms with van der Waals surface area (Å²) >= 11 is 0. The summed E-state index contributed by atoms with van der Waals surface area (Å²) < 4.78 is 8.63. The van der Waals surface area contributed by atoms with Crippen molar-refractivity contribution < 1.29 is 4.74 Å². The molecule has 0 radical (unpaired) electrons. The molecule has 0 bridgehead atoms. The third-order valence-electron chi connectivity index (χ3n) is 2.39. The number of hydrogen-bond acceptors (Lipinski definition) is 3. The lowest BCUT2D eigenvalue weighted by Gasteiger charge is -2.12. The first-order valence-electron chi connectivity index (χ1n) is 5.24. The predicted molar refractivity (Wildman–Crippen MR) is 59.8 cm³/mol. The molecule has 0 saturated heterocycles. The van der Waals surface area contributed by atoms with Gasteiger partial charge in [-0.05, 0) is 13.3 Å². The minimum atomic E-state index is -0.113. The Morgan fingerprint density at radius 3 is 2.47 bits per heavy atom. The van der Waals surface area contributed by atoms with Gasteiger partial charge in [0.1, 0.15) is 5.69 Å². The van der Waals surface area contributed by atoms with Gasteiger partial charge >= 0.3 is 0 Å². The van der Waals surface area contributed by atoms with Gasteiger partial charge in [-0.2, -0.15) is 0 Å². The van der Waals surface area contributed by atoms with Gasteiger partial charge in [-0.1, -0.05) is 6.92 Å². The van der Waals surface area contributed by atoms with Crippen molar-refractivity contribution in [1.29, 1.82) is 0 Å². The first-order chi connectivity index (χ1) is 7.17. The van der Waals surface area contributed by atoms with E-state index >= 15 is 0 Å². The molecule has 2 N–H and O–H groups in total. The highest BCUT2D eigenvalue weighted by Crippen LogP contribution is 2.10. The van der Waals surface area contributed by atoms with E-state index < -0.39 is 0 Å². The van der Waals surface area contributed by atoms with Crippen LogP contribution in [0.25, 0.3) is 0 Å². The quantitative estimate of drug-likeness (QED) is 0.787. The topological polar surface area (TPSA) is 62.2 Å². The van der Waals surface area contributed by atoms with Crippen molar-refractivity contribution in [1.82, 2.24) is 9.36 Å². The molecule has 0 aromatic carbocycles. The van der Waals surface area contributed by atoms with E-state index in [9.17, 15) is 4.79 Å². The number of nitrogens with zero attached hydrogens (tertiary/aromatic N) is 2. The summed E-state index contributed by atoms with van der Waals surface area (Å²) in [6.07, 6.45) is 0.963. The monoisotopic (exact) mass is 213 g/mol. The van der Waals surface area contributed by atoms with Gasteiger partial charge in [0, 0.05) is 20.2 Å². The Bertz CT molecular complexity index is 379. The van der Waals surface area contributed by atoms with Crippen LogP contribution in [0.1, 0.15) is 26.0 Å². The second-order valence-corrected chi connectivity index (χ2v) is 3.44. The molecule has 1 aromatic heterocycles. The zero-order valence-electron chi connectivity index (χ0n) is 9.62. The minimum Gasteiger partial charge on any atom is -0.393 e. The molecule has 15 heavy (non-hydrogen) atoms. The first kappa shape index (κ1) is 11.8. The maximum Gasteiger partial charge on any atom is 0.290 e. The van der Waals surface area contributed by atoms with Crippen molar-refractivity contribution in [2.75, 3.05) is 12.8 Å². The van der Waals surface area contributed by atoms with Crippen LogP contribution in [0.2, 0.25) is 0 Å². The number of aromatic nitrogens is 2. The summed E-state index contributed by atoms with van der Waals surface area (Å²) in [5, 5.41) is 0. The maximum atomic E-state index is 11.8. The Labute approximate surface area is 89.4 Å². The molecular formula is C10H19N3O2. The second-order valence-electron chi connectivity index (χ2n) is 3.44. The smallest absolute Gasteiger partial charge is 0.290 e. The van der Waals surface area contributed by atoms with Crippen molar-refractivity contribution in [3.8, 4) is 0 Å². The van der Waals surface area contributed by atoms with Crippen LogP contribution in [0.4, 0.5) is 5.69 Å². The number of anilines is 1. The number of nitrogen functional groups attached to an aromatic ring is 1. The minimum absolute atomic E-state index is 0.113. The Hall–Kier alpha value is -1.23. The summed E-state index contributed by atoms with van der Waals surface area (Å²) in [4.78, 5) is 11.8. The molecule has 1 aromatic rings. The van der Waals surface area contributed by atoms with Gasteiger partial charge in [-0.3, -0.25) is 9.48 Å². The van der Waals surface area contributed by atoms with Crippen molar-refractivity contribution in [3.63, 3.8) is 0 Å². The summed E-state index contributed by atoms with van der Waals surface area (Å²) in [5.74, 6) is 0. The molecule has 86 valence electrons. The summed E-state index contributed by atoms with van der Waals surface area (Å²) in [7, 11) is 1.60. The molecule has 0 saturated carbocycles. The SMILES string of the molecule is CCCn1c(COC)c(N)c(=O)n1CC. The molecule has 0 spiro atoms.